The Morgan fingerprint density at radius 3 is 1.07 bits per heavy atom. The highest BCUT2D eigenvalue weighted by atomic mass is 15.1. The van der Waals surface area contributed by atoms with E-state index in [0.29, 0.717) is 11.3 Å². The molecule has 0 atom stereocenters. The second kappa shape index (κ2) is 11.8. The highest BCUT2D eigenvalue weighted by molar-refractivity contribution is 6.14. The Labute approximate surface area is 316 Å². The molecule has 3 heterocycles. The van der Waals surface area contributed by atoms with Crippen molar-refractivity contribution in [1.82, 2.24) is 13.7 Å². The minimum absolute atomic E-state index is 0.428. The van der Waals surface area contributed by atoms with Gasteiger partial charge in [-0.1, -0.05) is 109 Å². The lowest BCUT2D eigenvalue weighted by Gasteiger charge is -2.24. The first-order valence-electron chi connectivity index (χ1n) is 18.3. The normalized spacial score (nSPS) is 11.6. The summed E-state index contributed by atoms with van der Waals surface area (Å²) in [6.07, 6.45) is 0. The molecular formula is C50H29N5. The van der Waals surface area contributed by atoms with E-state index in [9.17, 15) is 5.26 Å². The van der Waals surface area contributed by atoms with Gasteiger partial charge in [0, 0.05) is 37.9 Å². The molecule has 0 saturated carbocycles. The summed E-state index contributed by atoms with van der Waals surface area (Å²) in [5, 5.41) is 17.1. The van der Waals surface area contributed by atoms with Crippen LogP contribution in [0.3, 0.4) is 0 Å². The summed E-state index contributed by atoms with van der Waals surface area (Å²) in [7, 11) is 0. The molecule has 11 rings (SSSR count). The lowest BCUT2D eigenvalue weighted by atomic mass is 9.99. The Hall–Kier alpha value is -7.86. The van der Waals surface area contributed by atoms with Crippen molar-refractivity contribution >= 4 is 71.1 Å². The number of hydrogen-bond acceptors (Lipinski definition) is 1. The molecule has 11 aromatic rings. The van der Waals surface area contributed by atoms with Crippen LogP contribution in [0.15, 0.2) is 176 Å². The summed E-state index contributed by atoms with van der Waals surface area (Å²) in [4.78, 5) is 3.78. The van der Waals surface area contributed by atoms with Gasteiger partial charge in [-0.15, -0.1) is 0 Å². The summed E-state index contributed by atoms with van der Waals surface area (Å²) in [5.74, 6) is 0. The number of benzene rings is 8. The van der Waals surface area contributed by atoms with Gasteiger partial charge in [0.05, 0.1) is 62.8 Å². The van der Waals surface area contributed by atoms with Gasteiger partial charge in [-0.2, -0.15) is 5.26 Å². The number of hydrogen-bond donors (Lipinski definition) is 0. The molecule has 3 aromatic heterocycles. The maximum absolute atomic E-state index is 10.1. The van der Waals surface area contributed by atoms with Gasteiger partial charge in [0.2, 0.25) is 0 Å². The van der Waals surface area contributed by atoms with E-state index in [1.54, 1.807) is 6.07 Å². The van der Waals surface area contributed by atoms with Crippen molar-refractivity contribution in [2.45, 2.75) is 0 Å². The number of nitriles is 1. The summed E-state index contributed by atoms with van der Waals surface area (Å²) in [6, 6.07) is 64.0. The van der Waals surface area contributed by atoms with Gasteiger partial charge in [-0.05, 0) is 77.9 Å². The highest BCUT2D eigenvalue weighted by Gasteiger charge is 2.26. The molecule has 0 saturated heterocycles. The zero-order chi connectivity index (χ0) is 36.6. The SMILES string of the molecule is [C-]#[N+]c1cc(C#N)cc(-c2cc(-n3c4ccccc4c4ccccc43)c(-n3c4ccccc4c4ccccc43)c(-n3c4ccccc4c4ccccc43)c2)c1. The number of nitrogens with zero attached hydrogens (tertiary/aromatic N) is 5. The van der Waals surface area contributed by atoms with Crippen LogP contribution < -0.4 is 0 Å². The fourth-order valence-corrected chi connectivity index (χ4v) is 8.78. The van der Waals surface area contributed by atoms with E-state index >= 15 is 0 Å². The third kappa shape index (κ3) is 4.45. The standard InChI is InChI=1S/C50H29N5/c1-52-35-27-32(31-51)26-33(28-35)34-29-48(53-42-20-8-2-14-36(42)37-15-3-9-21-43(37)53)50(55-46-24-12-6-18-40(46)41-19-7-13-25-47(41)55)49(30-34)54-44-22-10-4-16-38(44)39-17-5-11-23-45(39)54/h2-30H. The van der Waals surface area contributed by atoms with E-state index in [1.807, 2.05) is 12.1 Å². The van der Waals surface area contributed by atoms with E-state index in [1.165, 1.54) is 10.8 Å². The third-order valence-corrected chi connectivity index (χ3v) is 11.0. The Balaban J connectivity index is 1.43. The Morgan fingerprint density at radius 1 is 0.400 bits per heavy atom. The van der Waals surface area contributed by atoms with Crippen molar-refractivity contribution < 1.29 is 0 Å². The number of aromatic nitrogens is 3. The monoisotopic (exact) mass is 699 g/mol. The molecule has 0 bridgehead atoms. The van der Waals surface area contributed by atoms with Crippen LogP contribution in [0.5, 0.6) is 0 Å². The summed E-state index contributed by atoms with van der Waals surface area (Å²) < 4.78 is 7.23. The molecule has 0 unspecified atom stereocenters. The molecule has 0 aliphatic carbocycles. The molecule has 5 heteroatoms. The van der Waals surface area contributed by atoms with Crippen LogP contribution in [0.1, 0.15) is 5.56 Å². The first kappa shape index (κ1) is 30.7. The molecule has 0 amide bonds. The van der Waals surface area contributed by atoms with Crippen molar-refractivity contribution in [1.29, 1.82) is 5.26 Å². The topological polar surface area (TPSA) is 42.9 Å². The minimum Gasteiger partial charge on any atom is -0.307 e. The highest BCUT2D eigenvalue weighted by Crippen LogP contribution is 2.45. The molecule has 55 heavy (non-hydrogen) atoms. The summed E-state index contributed by atoms with van der Waals surface area (Å²) in [5.41, 5.74) is 12.1. The average molecular weight is 700 g/mol. The number of rotatable bonds is 4. The van der Waals surface area contributed by atoms with Crippen molar-refractivity contribution in [2.24, 2.45) is 0 Å². The van der Waals surface area contributed by atoms with Crippen molar-refractivity contribution in [3.8, 4) is 34.3 Å². The Morgan fingerprint density at radius 2 is 0.727 bits per heavy atom. The zero-order valence-corrected chi connectivity index (χ0v) is 29.5. The van der Waals surface area contributed by atoms with E-state index in [0.717, 1.165) is 82.8 Å². The van der Waals surface area contributed by atoms with Gasteiger partial charge >= 0.3 is 0 Å². The molecule has 8 aromatic carbocycles. The zero-order valence-electron chi connectivity index (χ0n) is 29.5. The molecule has 0 fully saturated rings. The van der Waals surface area contributed by atoms with Crippen LogP contribution in [0.2, 0.25) is 0 Å². The largest absolute Gasteiger partial charge is 0.307 e. The van der Waals surface area contributed by atoms with Crippen LogP contribution in [0, 0.1) is 17.9 Å². The van der Waals surface area contributed by atoms with E-state index < -0.39 is 0 Å². The molecular weight excluding hydrogens is 671 g/mol. The lowest BCUT2D eigenvalue weighted by Crippen LogP contribution is -2.10. The number of para-hydroxylation sites is 6. The third-order valence-electron chi connectivity index (χ3n) is 11.0. The van der Waals surface area contributed by atoms with Crippen LogP contribution in [-0.2, 0) is 0 Å². The van der Waals surface area contributed by atoms with Crippen molar-refractivity contribution in [3.63, 3.8) is 0 Å². The predicted molar refractivity (Wildman–Crippen MR) is 226 cm³/mol. The summed E-state index contributed by atoms with van der Waals surface area (Å²) >= 11 is 0. The fraction of sp³-hybridized carbons (Fsp3) is 0. The Kier molecular flexibility index (Phi) is 6.61. The van der Waals surface area contributed by atoms with Crippen molar-refractivity contribution in [2.75, 3.05) is 0 Å². The molecule has 254 valence electrons. The summed E-state index contributed by atoms with van der Waals surface area (Å²) in [6.45, 7) is 7.93. The quantitative estimate of drug-likeness (QED) is 0.169. The fourth-order valence-electron chi connectivity index (χ4n) is 8.78. The van der Waals surface area contributed by atoms with Crippen LogP contribution in [0.25, 0.3) is 98.5 Å². The minimum atomic E-state index is 0.428. The van der Waals surface area contributed by atoms with E-state index in [2.05, 4.69) is 182 Å². The van der Waals surface area contributed by atoms with Crippen LogP contribution in [0.4, 0.5) is 5.69 Å². The van der Waals surface area contributed by atoms with Crippen LogP contribution >= 0.6 is 0 Å². The van der Waals surface area contributed by atoms with Gasteiger partial charge in [0.15, 0.2) is 5.69 Å². The van der Waals surface area contributed by atoms with Gasteiger partial charge in [-0.3, -0.25) is 0 Å². The van der Waals surface area contributed by atoms with Gasteiger partial charge in [0.25, 0.3) is 0 Å². The first-order chi connectivity index (χ1) is 27.2. The van der Waals surface area contributed by atoms with Gasteiger partial charge < -0.3 is 13.7 Å². The molecule has 0 aliphatic rings. The second-order valence-electron chi connectivity index (χ2n) is 14.0. The van der Waals surface area contributed by atoms with Crippen LogP contribution in [-0.4, -0.2) is 13.7 Å². The second-order valence-corrected chi connectivity index (χ2v) is 14.0. The first-order valence-corrected chi connectivity index (χ1v) is 18.3. The number of fused-ring (bicyclic) bond motifs is 9. The smallest absolute Gasteiger partial charge is 0.189 e. The Bertz CT molecular complexity index is 3140. The lowest BCUT2D eigenvalue weighted by molar-refractivity contribution is 1.05. The van der Waals surface area contributed by atoms with Gasteiger partial charge in [-0.25, -0.2) is 4.85 Å². The van der Waals surface area contributed by atoms with Crippen molar-refractivity contribution in [3.05, 3.63) is 193 Å². The molecule has 0 N–H and O–H groups in total. The van der Waals surface area contributed by atoms with E-state index in [-0.39, 0.29) is 0 Å². The molecule has 0 radical (unpaired) electrons. The average Bonchev–Trinajstić information content (AvgIpc) is 3.89. The molecule has 5 nitrogen and oxygen atoms in total. The van der Waals surface area contributed by atoms with E-state index in [4.69, 9.17) is 6.57 Å². The maximum Gasteiger partial charge on any atom is 0.189 e. The predicted octanol–water partition coefficient (Wildman–Crippen LogP) is 13.1. The molecule has 0 spiro atoms. The maximum atomic E-state index is 10.1. The molecule has 0 aliphatic heterocycles. The van der Waals surface area contributed by atoms with Gasteiger partial charge in [0.1, 0.15) is 0 Å².